The monoisotopic (exact) mass is 248 g/mol. The molecule has 2 aliphatic rings. The maximum absolute atomic E-state index is 6.12. The van der Waals surface area contributed by atoms with Gasteiger partial charge in [-0.1, -0.05) is 38.8 Å². The Hall–Kier alpha value is -1.18. The fraction of sp³-hybridized carbons (Fsp3) is 0.625. The van der Waals surface area contributed by atoms with Crippen LogP contribution in [0.1, 0.15) is 57.9 Å². The van der Waals surface area contributed by atoms with Crippen molar-refractivity contribution in [3.05, 3.63) is 23.8 Å². The van der Waals surface area contributed by atoms with E-state index in [2.05, 4.69) is 13.0 Å². The van der Waals surface area contributed by atoms with Crippen LogP contribution in [0, 0.1) is 6.92 Å². The largest absolute Gasteiger partial charge is 0.448 e. The van der Waals surface area contributed by atoms with Crippen LogP contribution in [0.4, 0.5) is 0 Å². The minimum atomic E-state index is -0.342. The van der Waals surface area contributed by atoms with Gasteiger partial charge in [0.15, 0.2) is 11.5 Å². The molecule has 1 spiro atoms. The van der Waals surface area contributed by atoms with Gasteiger partial charge in [0, 0.05) is 12.8 Å². The van der Waals surface area contributed by atoms with Crippen molar-refractivity contribution in [1.82, 2.24) is 0 Å². The van der Waals surface area contributed by atoms with E-state index in [0.29, 0.717) is 0 Å². The number of fused-ring (bicyclic) bond motifs is 1. The lowest BCUT2D eigenvalue weighted by Gasteiger charge is -2.26. The number of para-hydroxylation sites is 1. The van der Waals surface area contributed by atoms with E-state index in [4.69, 9.17) is 9.47 Å². The Bertz CT molecular complexity index is 390. The van der Waals surface area contributed by atoms with Gasteiger partial charge in [-0.05, 0) is 31.4 Å². The van der Waals surface area contributed by atoms with Crippen molar-refractivity contribution in [3.8, 4) is 11.5 Å². The number of ether oxygens (including phenoxy) is 2. The van der Waals surface area contributed by atoms with Crippen molar-refractivity contribution < 1.29 is 9.47 Å². The first kappa shape index (κ1) is 13.3. The van der Waals surface area contributed by atoms with Crippen molar-refractivity contribution in [2.75, 3.05) is 0 Å². The molecule has 0 saturated heterocycles. The molecule has 0 bridgehead atoms. The average molecular weight is 248 g/mol. The smallest absolute Gasteiger partial charge is 0.251 e. The Kier molecular flexibility index (Phi) is 4.15. The van der Waals surface area contributed by atoms with Crippen molar-refractivity contribution in [2.45, 2.75) is 65.1 Å². The highest BCUT2D eigenvalue weighted by molar-refractivity contribution is 5.48. The molecule has 0 radical (unpaired) electrons. The average Bonchev–Trinajstić information content (AvgIpc) is 2.61. The van der Waals surface area contributed by atoms with Crippen LogP contribution in [-0.4, -0.2) is 5.79 Å². The molecule has 2 heteroatoms. The van der Waals surface area contributed by atoms with Crippen LogP contribution < -0.4 is 9.47 Å². The first-order valence-corrected chi connectivity index (χ1v) is 7.27. The van der Waals surface area contributed by atoms with Gasteiger partial charge >= 0.3 is 0 Å². The molecule has 1 aliphatic heterocycles. The van der Waals surface area contributed by atoms with Gasteiger partial charge in [-0.3, -0.25) is 0 Å². The topological polar surface area (TPSA) is 18.5 Å². The maximum Gasteiger partial charge on any atom is 0.251 e. The molecule has 18 heavy (non-hydrogen) atoms. The Morgan fingerprint density at radius 3 is 2.22 bits per heavy atom. The summed E-state index contributed by atoms with van der Waals surface area (Å²) in [5.74, 6) is 1.55. The normalized spacial score (nSPS) is 19.9. The second-order valence-corrected chi connectivity index (χ2v) is 4.93. The molecule has 0 atom stereocenters. The summed E-state index contributed by atoms with van der Waals surface area (Å²) in [5.41, 5.74) is 1.18. The molecule has 1 aliphatic carbocycles. The maximum atomic E-state index is 6.12. The number of benzene rings is 1. The van der Waals surface area contributed by atoms with Crippen molar-refractivity contribution in [3.63, 3.8) is 0 Å². The summed E-state index contributed by atoms with van der Waals surface area (Å²) in [4.78, 5) is 0. The zero-order valence-electron chi connectivity index (χ0n) is 11.8. The van der Waals surface area contributed by atoms with E-state index in [-0.39, 0.29) is 5.79 Å². The summed E-state index contributed by atoms with van der Waals surface area (Å²) >= 11 is 0. The summed E-state index contributed by atoms with van der Waals surface area (Å²) < 4.78 is 12.2. The molecule has 2 nitrogen and oxygen atoms in total. The van der Waals surface area contributed by atoms with Crippen LogP contribution in [0.3, 0.4) is 0 Å². The molecule has 0 N–H and O–H groups in total. The Morgan fingerprint density at radius 1 is 0.944 bits per heavy atom. The molecule has 100 valence electrons. The minimum Gasteiger partial charge on any atom is -0.448 e. The van der Waals surface area contributed by atoms with Gasteiger partial charge in [0.05, 0.1) is 0 Å². The predicted molar refractivity (Wildman–Crippen MR) is 74.2 cm³/mol. The summed E-state index contributed by atoms with van der Waals surface area (Å²) in [5, 5.41) is 0. The zero-order valence-corrected chi connectivity index (χ0v) is 11.8. The van der Waals surface area contributed by atoms with Crippen molar-refractivity contribution in [2.24, 2.45) is 0 Å². The molecule has 0 amide bonds. The summed E-state index contributed by atoms with van der Waals surface area (Å²) in [6, 6.07) is 6.13. The van der Waals surface area contributed by atoms with E-state index in [1.165, 1.54) is 31.2 Å². The van der Waals surface area contributed by atoms with E-state index in [0.717, 1.165) is 24.3 Å². The van der Waals surface area contributed by atoms with Crippen LogP contribution >= 0.6 is 0 Å². The molecular formula is C16H24O2. The Morgan fingerprint density at radius 2 is 1.61 bits per heavy atom. The second-order valence-electron chi connectivity index (χ2n) is 4.93. The second kappa shape index (κ2) is 5.64. The molecule has 0 aromatic heterocycles. The Labute approximate surface area is 110 Å². The molecule has 1 aromatic rings. The first-order valence-electron chi connectivity index (χ1n) is 7.27. The highest BCUT2D eigenvalue weighted by Gasteiger charge is 2.41. The fourth-order valence-corrected chi connectivity index (χ4v) is 2.72. The fourth-order valence-electron chi connectivity index (χ4n) is 2.72. The minimum absolute atomic E-state index is 0.342. The van der Waals surface area contributed by atoms with Gasteiger partial charge in [0.25, 0.3) is 5.79 Å². The standard InChI is InChI=1S/C14H18O2.C2H6/c1-11-7-6-8-12-13(11)16-14(15-12)9-4-2-3-5-10-14;1-2/h6-8H,2-5,9-10H2,1H3;1-2H3. The summed E-state index contributed by atoms with van der Waals surface area (Å²) in [6.45, 7) is 6.08. The molecule has 0 unspecified atom stereocenters. The zero-order chi connectivity index (χ0) is 13.0. The van der Waals surface area contributed by atoms with Crippen molar-refractivity contribution >= 4 is 0 Å². The quantitative estimate of drug-likeness (QED) is 0.654. The third-order valence-corrected chi connectivity index (χ3v) is 3.63. The van der Waals surface area contributed by atoms with Crippen LogP contribution in [0.25, 0.3) is 0 Å². The third kappa shape index (κ3) is 2.47. The number of hydrogen-bond donors (Lipinski definition) is 0. The van der Waals surface area contributed by atoms with Crippen molar-refractivity contribution in [1.29, 1.82) is 0 Å². The number of hydrogen-bond acceptors (Lipinski definition) is 2. The highest BCUT2D eigenvalue weighted by Crippen LogP contribution is 2.46. The van der Waals surface area contributed by atoms with Gasteiger partial charge in [0.2, 0.25) is 0 Å². The molecule has 3 rings (SSSR count). The number of rotatable bonds is 0. The van der Waals surface area contributed by atoms with Gasteiger partial charge < -0.3 is 9.47 Å². The SMILES string of the molecule is CC.Cc1cccc2c1OC1(CCCCCC1)O2. The van der Waals surface area contributed by atoms with E-state index >= 15 is 0 Å². The molecule has 1 heterocycles. The molecule has 1 saturated carbocycles. The third-order valence-electron chi connectivity index (χ3n) is 3.63. The van der Waals surface area contributed by atoms with E-state index in [9.17, 15) is 0 Å². The summed E-state index contributed by atoms with van der Waals surface area (Å²) in [7, 11) is 0. The molecule has 1 fully saturated rings. The lowest BCUT2D eigenvalue weighted by molar-refractivity contribution is -0.0902. The molecular weight excluding hydrogens is 224 g/mol. The number of aryl methyl sites for hydroxylation is 1. The lowest BCUT2D eigenvalue weighted by atomic mass is 10.1. The van der Waals surface area contributed by atoms with E-state index in [1.54, 1.807) is 0 Å². The van der Waals surface area contributed by atoms with Crippen LogP contribution in [0.5, 0.6) is 11.5 Å². The first-order chi connectivity index (χ1) is 8.79. The predicted octanol–water partition coefficient (Wildman–Crippen LogP) is 4.84. The van der Waals surface area contributed by atoms with E-state index in [1.807, 2.05) is 26.0 Å². The van der Waals surface area contributed by atoms with Crippen LogP contribution in [-0.2, 0) is 0 Å². The summed E-state index contributed by atoms with van der Waals surface area (Å²) in [6.07, 6.45) is 7.11. The Balaban J connectivity index is 0.000000574. The van der Waals surface area contributed by atoms with Gasteiger partial charge in [-0.25, -0.2) is 0 Å². The molecule has 1 aromatic carbocycles. The lowest BCUT2D eigenvalue weighted by Crippen LogP contribution is -2.37. The van der Waals surface area contributed by atoms with Gasteiger partial charge in [-0.15, -0.1) is 0 Å². The van der Waals surface area contributed by atoms with Gasteiger partial charge in [0.1, 0.15) is 0 Å². The van der Waals surface area contributed by atoms with E-state index < -0.39 is 0 Å². The van der Waals surface area contributed by atoms with Crippen LogP contribution in [0.15, 0.2) is 18.2 Å². The van der Waals surface area contributed by atoms with Gasteiger partial charge in [-0.2, -0.15) is 0 Å². The highest BCUT2D eigenvalue weighted by atomic mass is 16.7. The van der Waals surface area contributed by atoms with Crippen LogP contribution in [0.2, 0.25) is 0 Å².